The molecule has 1 aromatic heterocycles. The third kappa shape index (κ3) is 2.97. The van der Waals surface area contributed by atoms with E-state index >= 15 is 0 Å². The summed E-state index contributed by atoms with van der Waals surface area (Å²) in [5.41, 5.74) is 0.897. The molecule has 0 radical (unpaired) electrons. The Morgan fingerprint density at radius 2 is 1.82 bits per heavy atom. The summed E-state index contributed by atoms with van der Waals surface area (Å²) in [6.07, 6.45) is 0. The summed E-state index contributed by atoms with van der Waals surface area (Å²) in [7, 11) is 0. The van der Waals surface area contributed by atoms with Crippen LogP contribution >= 0.6 is 12.0 Å². The molecular formula is C15H10O6S. The van der Waals surface area contributed by atoms with E-state index in [0.29, 0.717) is 27.2 Å². The number of rotatable bonds is 4. The number of hydrogen-bond acceptors (Lipinski definition) is 7. The molecule has 0 aliphatic heterocycles. The van der Waals surface area contributed by atoms with Gasteiger partial charge in [0.05, 0.1) is 17.4 Å². The van der Waals surface area contributed by atoms with Gasteiger partial charge in [-0.2, -0.15) is 0 Å². The summed E-state index contributed by atoms with van der Waals surface area (Å²) in [5, 5.41) is 21.3. The predicted octanol–water partition coefficient (Wildman–Crippen LogP) is 3.59. The standard InChI is InChI=1S/C15H10O6S/c16-10-3-1-9(2-4-10)15-8-13(17)12-7-11(22-21-20-18)5-6-14(12)19-15/h1-8,16,18H. The van der Waals surface area contributed by atoms with Gasteiger partial charge in [0.15, 0.2) is 5.43 Å². The monoisotopic (exact) mass is 318 g/mol. The fraction of sp³-hybridized carbons (Fsp3) is 0. The second-order valence-electron chi connectivity index (χ2n) is 4.41. The first-order chi connectivity index (χ1) is 10.7. The average molecular weight is 318 g/mol. The normalized spacial score (nSPS) is 11.0. The Bertz CT molecular complexity index is 856. The van der Waals surface area contributed by atoms with Gasteiger partial charge >= 0.3 is 0 Å². The molecule has 0 atom stereocenters. The number of fused-ring (bicyclic) bond motifs is 1. The molecule has 0 spiro atoms. The molecule has 3 rings (SSSR count). The molecule has 0 aliphatic rings. The van der Waals surface area contributed by atoms with Crippen LogP contribution in [0.25, 0.3) is 22.3 Å². The SMILES string of the molecule is O=c1cc(-c2ccc(O)cc2)oc2ccc(SOOO)cc12. The van der Waals surface area contributed by atoms with E-state index < -0.39 is 0 Å². The van der Waals surface area contributed by atoms with E-state index in [2.05, 4.69) is 9.37 Å². The quantitative estimate of drug-likeness (QED) is 0.431. The summed E-state index contributed by atoms with van der Waals surface area (Å²) >= 11 is 0.766. The Labute approximate surface area is 128 Å². The van der Waals surface area contributed by atoms with Crippen LogP contribution in [0.2, 0.25) is 0 Å². The lowest BCUT2D eigenvalue weighted by Gasteiger charge is -2.04. The van der Waals surface area contributed by atoms with Crippen LogP contribution in [0.5, 0.6) is 5.75 Å². The van der Waals surface area contributed by atoms with Gasteiger partial charge < -0.3 is 9.52 Å². The average Bonchev–Trinajstić information content (AvgIpc) is 2.53. The Hall–Kier alpha value is -2.32. The van der Waals surface area contributed by atoms with Gasteiger partial charge in [-0.05, 0) is 42.5 Å². The molecular weight excluding hydrogens is 308 g/mol. The van der Waals surface area contributed by atoms with Crippen molar-refractivity contribution in [3.05, 3.63) is 58.8 Å². The molecule has 0 fully saturated rings. The minimum atomic E-state index is -0.211. The zero-order valence-corrected chi connectivity index (χ0v) is 11.9. The zero-order chi connectivity index (χ0) is 15.5. The van der Waals surface area contributed by atoms with Crippen molar-refractivity contribution in [2.45, 2.75) is 4.90 Å². The van der Waals surface area contributed by atoms with E-state index in [1.165, 1.54) is 18.2 Å². The number of phenolic OH excluding ortho intramolecular Hbond substituents is 1. The molecule has 6 nitrogen and oxygen atoms in total. The highest BCUT2D eigenvalue weighted by Gasteiger charge is 2.08. The van der Waals surface area contributed by atoms with Crippen LogP contribution in [0.4, 0.5) is 0 Å². The summed E-state index contributed by atoms with van der Waals surface area (Å²) in [4.78, 5) is 12.8. The molecule has 1 heterocycles. The lowest BCUT2D eigenvalue weighted by molar-refractivity contribution is -0.432. The molecule has 2 aromatic carbocycles. The highest BCUT2D eigenvalue weighted by molar-refractivity contribution is 7.94. The number of hydrogen-bond donors (Lipinski definition) is 2. The summed E-state index contributed by atoms with van der Waals surface area (Å²) in [6, 6.07) is 12.6. The van der Waals surface area contributed by atoms with Gasteiger partial charge in [0.25, 0.3) is 0 Å². The van der Waals surface area contributed by atoms with Gasteiger partial charge in [-0.1, -0.05) is 5.04 Å². The smallest absolute Gasteiger partial charge is 0.193 e. The van der Waals surface area contributed by atoms with Crippen LogP contribution in [-0.4, -0.2) is 10.4 Å². The van der Waals surface area contributed by atoms with Crippen LogP contribution < -0.4 is 5.43 Å². The second-order valence-corrected chi connectivity index (χ2v) is 5.18. The van der Waals surface area contributed by atoms with Crippen molar-refractivity contribution in [1.82, 2.24) is 0 Å². The van der Waals surface area contributed by atoms with E-state index in [9.17, 15) is 9.90 Å². The third-order valence-corrected chi connectivity index (χ3v) is 3.59. The Morgan fingerprint density at radius 1 is 1.05 bits per heavy atom. The summed E-state index contributed by atoms with van der Waals surface area (Å²) < 4.78 is 10.0. The van der Waals surface area contributed by atoms with Gasteiger partial charge in [0, 0.05) is 16.5 Å². The maximum absolute atomic E-state index is 12.2. The molecule has 0 bridgehead atoms. The first-order valence-electron chi connectivity index (χ1n) is 6.19. The van der Waals surface area contributed by atoms with E-state index in [1.54, 1.807) is 30.3 Å². The van der Waals surface area contributed by atoms with Gasteiger partial charge in [-0.3, -0.25) is 4.79 Å². The molecule has 2 N–H and O–H groups in total. The Kier molecular flexibility index (Phi) is 4.12. The second kappa shape index (κ2) is 6.20. The van der Waals surface area contributed by atoms with E-state index in [1.807, 2.05) is 0 Å². The Balaban J connectivity index is 2.05. The van der Waals surface area contributed by atoms with Gasteiger partial charge in [0.2, 0.25) is 0 Å². The van der Waals surface area contributed by atoms with Gasteiger partial charge in [0.1, 0.15) is 17.1 Å². The fourth-order valence-electron chi connectivity index (χ4n) is 2.01. The maximum Gasteiger partial charge on any atom is 0.193 e. The minimum absolute atomic E-state index is 0.139. The summed E-state index contributed by atoms with van der Waals surface area (Å²) in [5.74, 6) is 0.549. The van der Waals surface area contributed by atoms with Crippen molar-refractivity contribution < 1.29 is 24.2 Å². The number of aromatic hydroxyl groups is 1. The molecule has 112 valence electrons. The molecule has 0 unspecified atom stereocenters. The topological polar surface area (TPSA) is 89.1 Å². The van der Waals surface area contributed by atoms with Crippen molar-refractivity contribution >= 4 is 23.0 Å². The van der Waals surface area contributed by atoms with E-state index in [0.717, 1.165) is 12.0 Å². The number of benzene rings is 2. The molecule has 0 saturated heterocycles. The molecule has 3 aromatic rings. The molecule has 0 aliphatic carbocycles. The zero-order valence-electron chi connectivity index (χ0n) is 11.1. The lowest BCUT2D eigenvalue weighted by atomic mass is 10.1. The van der Waals surface area contributed by atoms with E-state index in [4.69, 9.17) is 9.67 Å². The van der Waals surface area contributed by atoms with Crippen LogP contribution in [0, 0.1) is 0 Å². The molecule has 22 heavy (non-hydrogen) atoms. The van der Waals surface area contributed by atoms with E-state index in [-0.39, 0.29) is 11.2 Å². The molecule has 0 amide bonds. The third-order valence-electron chi connectivity index (χ3n) is 3.01. The first kappa shape index (κ1) is 14.6. The van der Waals surface area contributed by atoms with Crippen LogP contribution in [-0.2, 0) is 9.37 Å². The van der Waals surface area contributed by atoms with Crippen molar-refractivity contribution in [1.29, 1.82) is 0 Å². The van der Waals surface area contributed by atoms with Crippen molar-refractivity contribution in [2.75, 3.05) is 0 Å². The van der Waals surface area contributed by atoms with Crippen LogP contribution in [0.15, 0.2) is 62.6 Å². The largest absolute Gasteiger partial charge is 0.508 e. The molecule has 7 heteroatoms. The van der Waals surface area contributed by atoms with Crippen LogP contribution in [0.3, 0.4) is 0 Å². The lowest BCUT2D eigenvalue weighted by Crippen LogP contribution is -2.00. The van der Waals surface area contributed by atoms with Gasteiger partial charge in [-0.15, -0.1) is 4.33 Å². The van der Waals surface area contributed by atoms with Crippen molar-refractivity contribution in [3.8, 4) is 17.1 Å². The van der Waals surface area contributed by atoms with Gasteiger partial charge in [-0.25, -0.2) is 5.26 Å². The van der Waals surface area contributed by atoms with Crippen molar-refractivity contribution in [3.63, 3.8) is 0 Å². The maximum atomic E-state index is 12.2. The highest BCUT2D eigenvalue weighted by atomic mass is 32.2. The van der Waals surface area contributed by atoms with Crippen LogP contribution in [0.1, 0.15) is 0 Å². The fourth-order valence-corrected chi connectivity index (χ4v) is 2.41. The minimum Gasteiger partial charge on any atom is -0.508 e. The number of phenols is 1. The highest BCUT2D eigenvalue weighted by Crippen LogP contribution is 2.27. The molecule has 0 saturated carbocycles. The summed E-state index contributed by atoms with van der Waals surface area (Å²) in [6.45, 7) is 0. The van der Waals surface area contributed by atoms with Crippen molar-refractivity contribution in [2.24, 2.45) is 0 Å². The predicted molar refractivity (Wildman–Crippen MR) is 80.2 cm³/mol. The first-order valence-corrected chi connectivity index (χ1v) is 6.93. The Morgan fingerprint density at radius 3 is 2.55 bits per heavy atom.